The number of nitrogens with one attached hydrogen (secondary N) is 3. The summed E-state index contributed by atoms with van der Waals surface area (Å²) in [5, 5.41) is 16.8. The highest BCUT2D eigenvalue weighted by Gasteiger charge is 2.20. The van der Waals surface area contributed by atoms with Gasteiger partial charge in [0.15, 0.2) is 0 Å². The maximum atomic E-state index is 11.0. The topological polar surface area (TPSA) is 92.1 Å². The summed E-state index contributed by atoms with van der Waals surface area (Å²) in [4.78, 5) is 11.0. The van der Waals surface area contributed by atoms with E-state index in [9.17, 15) is 4.79 Å². The van der Waals surface area contributed by atoms with Crippen molar-refractivity contribution in [1.29, 1.82) is 0 Å². The van der Waals surface area contributed by atoms with Crippen molar-refractivity contribution < 1.29 is 9.21 Å². The molecule has 2 heterocycles. The molecule has 0 spiro atoms. The highest BCUT2D eigenvalue weighted by atomic mass is 16.4. The molecule has 3 N–H and O–H groups in total. The first-order valence-electron chi connectivity index (χ1n) is 5.73. The third kappa shape index (κ3) is 2.94. The lowest BCUT2D eigenvalue weighted by Crippen LogP contribution is -2.41. The third-order valence-electron chi connectivity index (χ3n) is 2.84. The van der Waals surface area contributed by atoms with E-state index in [0.717, 1.165) is 6.42 Å². The summed E-state index contributed by atoms with van der Waals surface area (Å²) < 4.78 is 5.46. The van der Waals surface area contributed by atoms with E-state index in [1.807, 2.05) is 14.0 Å². The summed E-state index contributed by atoms with van der Waals surface area (Å²) >= 11 is 0. The highest BCUT2D eigenvalue weighted by molar-refractivity contribution is 5.76. The average molecular weight is 239 g/mol. The molecule has 17 heavy (non-hydrogen) atoms. The lowest BCUT2D eigenvalue weighted by molar-refractivity contribution is -0.122. The molecule has 7 heteroatoms. The van der Waals surface area contributed by atoms with Crippen LogP contribution in [0.3, 0.4) is 0 Å². The second kappa shape index (κ2) is 5.13. The summed E-state index contributed by atoms with van der Waals surface area (Å²) in [5.74, 6) is 0.646. The second-order valence-corrected chi connectivity index (χ2v) is 4.14. The highest BCUT2D eigenvalue weighted by Crippen LogP contribution is 2.15. The molecule has 0 aliphatic carbocycles. The van der Waals surface area contributed by atoms with Crippen LogP contribution in [0.5, 0.6) is 0 Å². The number of amides is 1. The van der Waals surface area contributed by atoms with Crippen LogP contribution in [0.25, 0.3) is 0 Å². The van der Waals surface area contributed by atoms with Crippen molar-refractivity contribution in [3.8, 4) is 0 Å². The fourth-order valence-corrected chi connectivity index (χ4v) is 1.62. The first-order chi connectivity index (χ1) is 8.19. The molecular weight excluding hydrogens is 222 g/mol. The zero-order valence-corrected chi connectivity index (χ0v) is 9.99. The minimum absolute atomic E-state index is 0.0316. The largest absolute Gasteiger partial charge is 0.406 e. The first-order valence-corrected chi connectivity index (χ1v) is 5.73. The summed E-state index contributed by atoms with van der Waals surface area (Å²) in [6, 6.07) is 0.596. The van der Waals surface area contributed by atoms with Gasteiger partial charge in [0, 0.05) is 19.0 Å². The summed E-state index contributed by atoms with van der Waals surface area (Å²) in [6.45, 7) is 2.54. The Labute approximate surface area is 99.4 Å². The number of anilines is 1. The van der Waals surface area contributed by atoms with E-state index in [2.05, 4.69) is 26.1 Å². The third-order valence-corrected chi connectivity index (χ3v) is 2.84. The van der Waals surface area contributed by atoms with E-state index in [1.54, 1.807) is 0 Å². The Balaban J connectivity index is 1.90. The standard InChI is InChI=1S/C10H17N5O2/c1-6(11-2)9-14-15-10(17-9)13-7-3-4-8(16)12-5-7/h6-7,11H,3-5H2,1-2H3,(H,12,16)(H,13,15). The lowest BCUT2D eigenvalue weighted by Gasteiger charge is -2.22. The van der Waals surface area contributed by atoms with Gasteiger partial charge >= 0.3 is 6.01 Å². The molecule has 2 atom stereocenters. The van der Waals surface area contributed by atoms with Crippen LogP contribution in [0.2, 0.25) is 0 Å². The number of piperidine rings is 1. The van der Waals surface area contributed by atoms with Crippen molar-refractivity contribution in [3.05, 3.63) is 5.89 Å². The van der Waals surface area contributed by atoms with Gasteiger partial charge < -0.3 is 20.4 Å². The van der Waals surface area contributed by atoms with Crippen molar-refractivity contribution in [3.63, 3.8) is 0 Å². The van der Waals surface area contributed by atoms with Crippen LogP contribution < -0.4 is 16.0 Å². The fourth-order valence-electron chi connectivity index (χ4n) is 1.62. The van der Waals surface area contributed by atoms with E-state index in [-0.39, 0.29) is 18.0 Å². The van der Waals surface area contributed by atoms with Crippen molar-refractivity contribution in [1.82, 2.24) is 20.8 Å². The zero-order valence-electron chi connectivity index (χ0n) is 9.99. The molecule has 1 amide bonds. The van der Waals surface area contributed by atoms with Crippen LogP contribution in [-0.2, 0) is 4.79 Å². The van der Waals surface area contributed by atoms with Gasteiger partial charge in [0.2, 0.25) is 11.8 Å². The maximum Gasteiger partial charge on any atom is 0.315 e. The van der Waals surface area contributed by atoms with Crippen LogP contribution in [0.4, 0.5) is 6.01 Å². The zero-order chi connectivity index (χ0) is 12.3. The van der Waals surface area contributed by atoms with Gasteiger partial charge in [-0.05, 0) is 20.4 Å². The molecule has 1 aromatic rings. The minimum atomic E-state index is 0.0316. The maximum absolute atomic E-state index is 11.0. The van der Waals surface area contributed by atoms with Gasteiger partial charge in [-0.25, -0.2) is 0 Å². The Hall–Kier alpha value is -1.63. The number of aromatic nitrogens is 2. The van der Waals surface area contributed by atoms with Gasteiger partial charge in [-0.2, -0.15) is 0 Å². The van der Waals surface area contributed by atoms with Gasteiger partial charge in [-0.1, -0.05) is 5.10 Å². The Kier molecular flexibility index (Phi) is 3.58. The quantitative estimate of drug-likeness (QED) is 0.687. The van der Waals surface area contributed by atoms with Gasteiger partial charge in [0.05, 0.1) is 6.04 Å². The van der Waals surface area contributed by atoms with Crippen molar-refractivity contribution in [2.75, 3.05) is 18.9 Å². The van der Waals surface area contributed by atoms with Gasteiger partial charge in [0.25, 0.3) is 0 Å². The molecule has 94 valence electrons. The molecule has 2 unspecified atom stereocenters. The first kappa shape index (κ1) is 11.8. The summed E-state index contributed by atoms with van der Waals surface area (Å²) in [5.41, 5.74) is 0. The van der Waals surface area contributed by atoms with Crippen molar-refractivity contribution in [2.45, 2.75) is 31.8 Å². The molecule has 0 radical (unpaired) electrons. The van der Waals surface area contributed by atoms with E-state index in [0.29, 0.717) is 24.9 Å². The fraction of sp³-hybridized carbons (Fsp3) is 0.700. The molecule has 7 nitrogen and oxygen atoms in total. The average Bonchev–Trinajstić information content (AvgIpc) is 2.80. The van der Waals surface area contributed by atoms with E-state index in [4.69, 9.17) is 4.42 Å². The lowest BCUT2D eigenvalue weighted by atomic mass is 10.1. The minimum Gasteiger partial charge on any atom is -0.406 e. The number of hydrogen-bond acceptors (Lipinski definition) is 6. The molecule has 1 aliphatic heterocycles. The molecular formula is C10H17N5O2. The van der Waals surface area contributed by atoms with Gasteiger partial charge in [0.1, 0.15) is 0 Å². The van der Waals surface area contributed by atoms with E-state index in [1.165, 1.54) is 0 Å². The smallest absolute Gasteiger partial charge is 0.315 e. The Bertz CT molecular complexity index is 382. The number of hydrogen-bond donors (Lipinski definition) is 3. The summed E-state index contributed by atoms with van der Waals surface area (Å²) in [7, 11) is 1.83. The predicted octanol–water partition coefficient (Wildman–Crippen LogP) is 0.0405. The van der Waals surface area contributed by atoms with E-state index < -0.39 is 0 Å². The monoisotopic (exact) mass is 239 g/mol. The molecule has 0 saturated carbocycles. The van der Waals surface area contributed by atoms with Gasteiger partial charge in [-0.15, -0.1) is 5.10 Å². The normalized spacial score (nSPS) is 22.0. The second-order valence-electron chi connectivity index (χ2n) is 4.14. The Morgan fingerprint density at radius 1 is 1.53 bits per heavy atom. The van der Waals surface area contributed by atoms with Crippen molar-refractivity contribution in [2.24, 2.45) is 0 Å². The summed E-state index contributed by atoms with van der Waals surface area (Å²) in [6.07, 6.45) is 1.32. The van der Waals surface area contributed by atoms with Crippen LogP contribution in [-0.4, -0.2) is 35.7 Å². The number of carbonyl (C=O) groups excluding carboxylic acids is 1. The number of rotatable bonds is 4. The molecule has 1 saturated heterocycles. The van der Waals surface area contributed by atoms with E-state index >= 15 is 0 Å². The van der Waals surface area contributed by atoms with Crippen LogP contribution in [0, 0.1) is 0 Å². The van der Waals surface area contributed by atoms with Crippen molar-refractivity contribution >= 4 is 11.9 Å². The van der Waals surface area contributed by atoms with Gasteiger partial charge in [-0.3, -0.25) is 4.79 Å². The SMILES string of the molecule is CNC(C)c1nnc(NC2CCC(=O)NC2)o1. The molecule has 1 aliphatic rings. The molecule has 2 rings (SSSR count). The number of carbonyl (C=O) groups is 1. The number of nitrogens with zero attached hydrogens (tertiary/aromatic N) is 2. The predicted molar refractivity (Wildman–Crippen MR) is 61.4 cm³/mol. The Morgan fingerprint density at radius 2 is 2.35 bits per heavy atom. The molecule has 0 aromatic carbocycles. The molecule has 0 bridgehead atoms. The Morgan fingerprint density at radius 3 is 3.00 bits per heavy atom. The van der Waals surface area contributed by atoms with Crippen LogP contribution >= 0.6 is 0 Å². The molecule has 1 fully saturated rings. The van der Waals surface area contributed by atoms with Crippen LogP contribution in [0.15, 0.2) is 4.42 Å². The van der Waals surface area contributed by atoms with Crippen LogP contribution in [0.1, 0.15) is 31.7 Å². The molecule has 1 aromatic heterocycles.